The number of ether oxygens (including phenoxy) is 2. The maximum absolute atomic E-state index is 9.18. The molecule has 0 saturated heterocycles. The van der Waals surface area contributed by atoms with Gasteiger partial charge in [0.2, 0.25) is 0 Å². The van der Waals surface area contributed by atoms with E-state index in [1.165, 1.54) is 0 Å². The third-order valence-corrected chi connectivity index (χ3v) is 4.23. The maximum atomic E-state index is 9.18. The third-order valence-electron chi connectivity index (χ3n) is 3.17. The van der Waals surface area contributed by atoms with Crippen molar-refractivity contribution in [3.63, 3.8) is 0 Å². The Morgan fingerprint density at radius 1 is 1.00 bits per heavy atom. The van der Waals surface area contributed by atoms with Gasteiger partial charge in [0, 0.05) is 10.6 Å². The fourth-order valence-corrected chi connectivity index (χ4v) is 2.99. The van der Waals surface area contributed by atoms with E-state index >= 15 is 0 Å². The van der Waals surface area contributed by atoms with Crippen LogP contribution < -0.4 is 14.9 Å². The van der Waals surface area contributed by atoms with Crippen LogP contribution in [0.5, 0.6) is 11.5 Å². The second-order valence-corrected chi connectivity index (χ2v) is 5.76. The zero-order chi connectivity index (χ0) is 14.7. The molecule has 108 valence electrons. The van der Waals surface area contributed by atoms with Crippen molar-refractivity contribution in [1.82, 2.24) is 0 Å². The SMILES string of the molecule is OB(O)c1cccc(CSc2ccc3c(c2)OCCO3)c1. The van der Waals surface area contributed by atoms with Gasteiger partial charge in [-0.1, -0.05) is 24.3 Å². The normalized spacial score (nSPS) is 13.0. The molecular formula is C15H15BO4S. The van der Waals surface area contributed by atoms with Crippen LogP contribution in [0.4, 0.5) is 0 Å². The molecule has 0 amide bonds. The van der Waals surface area contributed by atoms with Crippen LogP contribution in [0.25, 0.3) is 0 Å². The topological polar surface area (TPSA) is 58.9 Å². The second kappa shape index (κ2) is 6.43. The molecule has 0 bridgehead atoms. The Bertz CT molecular complexity index is 633. The minimum Gasteiger partial charge on any atom is -0.486 e. The first-order valence-corrected chi connectivity index (χ1v) is 7.68. The van der Waals surface area contributed by atoms with Crippen molar-refractivity contribution in [1.29, 1.82) is 0 Å². The molecule has 0 radical (unpaired) electrons. The highest BCUT2D eigenvalue weighted by Gasteiger charge is 2.13. The Labute approximate surface area is 127 Å². The van der Waals surface area contributed by atoms with E-state index in [-0.39, 0.29) is 0 Å². The molecule has 1 aliphatic rings. The van der Waals surface area contributed by atoms with E-state index in [4.69, 9.17) is 9.47 Å². The molecule has 0 aliphatic carbocycles. The van der Waals surface area contributed by atoms with Crippen LogP contribution in [0.1, 0.15) is 5.56 Å². The average molecular weight is 302 g/mol. The minimum atomic E-state index is -1.43. The predicted molar refractivity (Wildman–Crippen MR) is 83.3 cm³/mol. The quantitative estimate of drug-likeness (QED) is 0.661. The molecule has 21 heavy (non-hydrogen) atoms. The van der Waals surface area contributed by atoms with Gasteiger partial charge in [-0.25, -0.2) is 0 Å². The van der Waals surface area contributed by atoms with Crippen molar-refractivity contribution >= 4 is 24.3 Å². The van der Waals surface area contributed by atoms with Crippen LogP contribution in [0.3, 0.4) is 0 Å². The summed E-state index contributed by atoms with van der Waals surface area (Å²) >= 11 is 1.67. The van der Waals surface area contributed by atoms with Crippen LogP contribution in [-0.2, 0) is 5.75 Å². The Kier molecular flexibility index (Phi) is 4.38. The Hall–Kier alpha value is -1.63. The summed E-state index contributed by atoms with van der Waals surface area (Å²) in [6.45, 7) is 1.17. The molecule has 2 aromatic carbocycles. The molecule has 0 aromatic heterocycles. The zero-order valence-electron chi connectivity index (χ0n) is 11.4. The highest BCUT2D eigenvalue weighted by Crippen LogP contribution is 2.35. The maximum Gasteiger partial charge on any atom is 0.488 e. The Balaban J connectivity index is 1.68. The monoisotopic (exact) mass is 302 g/mol. The van der Waals surface area contributed by atoms with E-state index in [0.29, 0.717) is 18.7 Å². The number of fused-ring (bicyclic) bond motifs is 1. The lowest BCUT2D eigenvalue weighted by Gasteiger charge is -2.18. The van der Waals surface area contributed by atoms with Crippen LogP contribution >= 0.6 is 11.8 Å². The van der Waals surface area contributed by atoms with Crippen LogP contribution in [0.15, 0.2) is 47.4 Å². The van der Waals surface area contributed by atoms with Crippen LogP contribution in [0.2, 0.25) is 0 Å². The first-order valence-electron chi connectivity index (χ1n) is 6.70. The molecule has 2 aromatic rings. The van der Waals surface area contributed by atoms with E-state index in [2.05, 4.69) is 0 Å². The smallest absolute Gasteiger partial charge is 0.486 e. The Morgan fingerprint density at radius 3 is 2.62 bits per heavy atom. The van der Waals surface area contributed by atoms with Crippen molar-refractivity contribution in [3.8, 4) is 11.5 Å². The summed E-state index contributed by atoms with van der Waals surface area (Å²) in [4.78, 5) is 1.09. The zero-order valence-corrected chi connectivity index (χ0v) is 12.2. The molecule has 0 unspecified atom stereocenters. The van der Waals surface area contributed by atoms with Crippen molar-refractivity contribution in [2.45, 2.75) is 10.6 Å². The summed E-state index contributed by atoms with van der Waals surface area (Å²) < 4.78 is 11.1. The fraction of sp³-hybridized carbons (Fsp3) is 0.200. The van der Waals surface area contributed by atoms with E-state index < -0.39 is 7.12 Å². The van der Waals surface area contributed by atoms with E-state index in [0.717, 1.165) is 27.7 Å². The van der Waals surface area contributed by atoms with E-state index in [1.54, 1.807) is 23.9 Å². The van der Waals surface area contributed by atoms with Gasteiger partial charge >= 0.3 is 7.12 Å². The summed E-state index contributed by atoms with van der Waals surface area (Å²) in [5.74, 6) is 2.32. The highest BCUT2D eigenvalue weighted by molar-refractivity contribution is 7.98. The molecule has 1 heterocycles. The van der Waals surface area contributed by atoms with Gasteiger partial charge in [-0.3, -0.25) is 0 Å². The van der Waals surface area contributed by atoms with Gasteiger partial charge in [0.05, 0.1) is 0 Å². The van der Waals surface area contributed by atoms with Gasteiger partial charge in [-0.2, -0.15) is 0 Å². The molecule has 0 atom stereocenters. The Morgan fingerprint density at radius 2 is 1.81 bits per heavy atom. The molecule has 2 N–H and O–H groups in total. The average Bonchev–Trinajstić information content (AvgIpc) is 2.53. The van der Waals surface area contributed by atoms with Gasteiger partial charge in [-0.05, 0) is 29.2 Å². The number of hydrogen-bond acceptors (Lipinski definition) is 5. The number of rotatable bonds is 4. The highest BCUT2D eigenvalue weighted by atomic mass is 32.2. The molecule has 4 nitrogen and oxygen atoms in total. The number of thioether (sulfide) groups is 1. The lowest BCUT2D eigenvalue weighted by molar-refractivity contribution is 0.171. The van der Waals surface area contributed by atoms with Gasteiger partial charge in [-0.15, -0.1) is 11.8 Å². The molecule has 0 fully saturated rings. The van der Waals surface area contributed by atoms with Gasteiger partial charge < -0.3 is 19.5 Å². The van der Waals surface area contributed by atoms with Crippen LogP contribution in [-0.4, -0.2) is 30.4 Å². The predicted octanol–water partition coefficient (Wildman–Crippen LogP) is 1.43. The first-order chi connectivity index (χ1) is 10.2. The lowest BCUT2D eigenvalue weighted by Crippen LogP contribution is -2.29. The van der Waals surface area contributed by atoms with Gasteiger partial charge in [0.15, 0.2) is 11.5 Å². The first kappa shape index (κ1) is 14.3. The largest absolute Gasteiger partial charge is 0.488 e. The molecule has 6 heteroatoms. The van der Waals surface area contributed by atoms with Crippen molar-refractivity contribution in [2.24, 2.45) is 0 Å². The number of benzene rings is 2. The van der Waals surface area contributed by atoms with Gasteiger partial charge in [0.1, 0.15) is 13.2 Å². The molecule has 1 aliphatic heterocycles. The molecule has 3 rings (SSSR count). The van der Waals surface area contributed by atoms with Crippen molar-refractivity contribution in [3.05, 3.63) is 48.0 Å². The number of hydrogen-bond donors (Lipinski definition) is 2. The summed E-state index contributed by atoms with van der Waals surface area (Å²) in [6, 6.07) is 13.2. The summed E-state index contributed by atoms with van der Waals surface area (Å²) in [6.07, 6.45) is 0. The summed E-state index contributed by atoms with van der Waals surface area (Å²) in [7, 11) is -1.43. The van der Waals surface area contributed by atoms with Crippen molar-refractivity contribution < 1.29 is 19.5 Å². The lowest BCUT2D eigenvalue weighted by atomic mass is 9.80. The standard InChI is InChI=1S/C15H15BO4S/c17-16(18)12-3-1-2-11(8-12)10-21-13-4-5-14-15(9-13)20-7-6-19-14/h1-5,8-9,17-18H,6-7,10H2. The second-order valence-electron chi connectivity index (χ2n) is 4.71. The van der Waals surface area contributed by atoms with Crippen molar-refractivity contribution in [2.75, 3.05) is 13.2 Å². The van der Waals surface area contributed by atoms with E-state index in [1.807, 2.05) is 30.3 Å². The molecular weight excluding hydrogens is 287 g/mol. The summed E-state index contributed by atoms with van der Waals surface area (Å²) in [5.41, 5.74) is 1.55. The third kappa shape index (κ3) is 3.53. The minimum absolute atomic E-state index is 0.510. The summed E-state index contributed by atoms with van der Waals surface area (Å²) in [5, 5.41) is 18.4. The van der Waals surface area contributed by atoms with E-state index in [9.17, 15) is 10.0 Å². The van der Waals surface area contributed by atoms with Gasteiger partial charge in [0.25, 0.3) is 0 Å². The van der Waals surface area contributed by atoms with Crippen LogP contribution in [0, 0.1) is 0 Å². The molecule has 0 spiro atoms. The fourth-order valence-electron chi connectivity index (χ4n) is 2.12. The molecule has 0 saturated carbocycles.